The summed E-state index contributed by atoms with van der Waals surface area (Å²) in [6.45, 7) is -2.15. The SMILES string of the molecule is COCCCc1cnc(-c2ccc3c(F)c(CCc4ccc(OC(F)F)cc4)ccc3c2)nc1. The highest BCUT2D eigenvalue weighted by Crippen LogP contribution is 2.27. The number of rotatable bonds is 10. The summed E-state index contributed by atoms with van der Waals surface area (Å²) in [5.74, 6) is 0.452. The van der Waals surface area contributed by atoms with E-state index in [1.54, 1.807) is 31.4 Å². The Morgan fingerprint density at radius 1 is 0.853 bits per heavy atom. The van der Waals surface area contributed by atoms with Crippen molar-refractivity contribution in [2.75, 3.05) is 13.7 Å². The lowest BCUT2D eigenvalue weighted by molar-refractivity contribution is -0.0498. The van der Waals surface area contributed by atoms with Crippen molar-refractivity contribution >= 4 is 10.8 Å². The number of ether oxygens (including phenoxy) is 2. The van der Waals surface area contributed by atoms with E-state index in [2.05, 4.69) is 14.7 Å². The summed E-state index contributed by atoms with van der Waals surface area (Å²) in [5, 5.41) is 1.32. The molecule has 0 aliphatic rings. The zero-order valence-corrected chi connectivity index (χ0v) is 18.8. The number of nitrogens with zero attached hydrogens (tertiary/aromatic N) is 2. The topological polar surface area (TPSA) is 44.2 Å². The summed E-state index contributed by atoms with van der Waals surface area (Å²) in [6.07, 6.45) is 6.48. The molecule has 0 saturated carbocycles. The molecule has 0 aliphatic heterocycles. The molecule has 0 aliphatic carbocycles. The highest BCUT2D eigenvalue weighted by atomic mass is 19.3. The smallest absolute Gasteiger partial charge is 0.387 e. The molecule has 0 spiro atoms. The number of hydrogen-bond donors (Lipinski definition) is 0. The van der Waals surface area contributed by atoms with Crippen LogP contribution < -0.4 is 4.74 Å². The highest BCUT2D eigenvalue weighted by Gasteiger charge is 2.11. The molecule has 3 aromatic carbocycles. The summed E-state index contributed by atoms with van der Waals surface area (Å²) < 4.78 is 49.2. The Kier molecular flexibility index (Phi) is 7.75. The summed E-state index contributed by atoms with van der Waals surface area (Å²) >= 11 is 0. The van der Waals surface area contributed by atoms with Crippen LogP contribution in [0.4, 0.5) is 13.2 Å². The van der Waals surface area contributed by atoms with E-state index in [0.29, 0.717) is 36.2 Å². The molecule has 0 fully saturated rings. The van der Waals surface area contributed by atoms with Gasteiger partial charge in [-0.3, -0.25) is 0 Å². The fraction of sp³-hybridized carbons (Fsp3) is 0.259. The van der Waals surface area contributed by atoms with E-state index in [-0.39, 0.29) is 11.6 Å². The van der Waals surface area contributed by atoms with Gasteiger partial charge in [0.15, 0.2) is 5.82 Å². The first kappa shape index (κ1) is 23.7. The minimum atomic E-state index is -2.85. The van der Waals surface area contributed by atoms with Crippen LogP contribution in [0.1, 0.15) is 23.1 Å². The first-order chi connectivity index (χ1) is 16.5. The van der Waals surface area contributed by atoms with Crippen LogP contribution in [0.25, 0.3) is 22.2 Å². The van der Waals surface area contributed by atoms with Crippen molar-refractivity contribution in [3.8, 4) is 17.1 Å². The van der Waals surface area contributed by atoms with Crippen LogP contribution in [0, 0.1) is 5.82 Å². The van der Waals surface area contributed by atoms with Crippen molar-refractivity contribution in [2.45, 2.75) is 32.3 Å². The Labute approximate surface area is 196 Å². The zero-order chi connectivity index (χ0) is 23.9. The maximum atomic E-state index is 15.2. The largest absolute Gasteiger partial charge is 0.435 e. The molecule has 34 heavy (non-hydrogen) atoms. The third kappa shape index (κ3) is 5.91. The fourth-order valence-electron chi connectivity index (χ4n) is 3.84. The van der Waals surface area contributed by atoms with Crippen molar-refractivity contribution in [1.29, 1.82) is 0 Å². The number of benzene rings is 3. The number of halogens is 3. The molecule has 1 aromatic heterocycles. The minimum Gasteiger partial charge on any atom is -0.435 e. The average Bonchev–Trinajstić information content (AvgIpc) is 2.85. The van der Waals surface area contributed by atoms with E-state index in [0.717, 1.165) is 34.9 Å². The van der Waals surface area contributed by atoms with Crippen LogP contribution in [0.2, 0.25) is 0 Å². The van der Waals surface area contributed by atoms with Gasteiger partial charge >= 0.3 is 6.61 Å². The van der Waals surface area contributed by atoms with E-state index in [1.807, 2.05) is 30.6 Å². The maximum absolute atomic E-state index is 15.2. The molecule has 0 amide bonds. The highest BCUT2D eigenvalue weighted by molar-refractivity contribution is 5.87. The van der Waals surface area contributed by atoms with Crippen molar-refractivity contribution in [2.24, 2.45) is 0 Å². The fourth-order valence-corrected chi connectivity index (χ4v) is 3.84. The van der Waals surface area contributed by atoms with Gasteiger partial charge in [0.1, 0.15) is 11.6 Å². The molecule has 0 atom stereocenters. The Morgan fingerprint density at radius 2 is 1.62 bits per heavy atom. The van der Waals surface area contributed by atoms with Gasteiger partial charge in [0.2, 0.25) is 0 Å². The molecular weight excluding hydrogens is 441 g/mol. The van der Waals surface area contributed by atoms with Crippen LogP contribution in [-0.4, -0.2) is 30.3 Å². The van der Waals surface area contributed by atoms with E-state index >= 15 is 4.39 Å². The van der Waals surface area contributed by atoms with Gasteiger partial charge in [-0.15, -0.1) is 0 Å². The molecule has 4 nitrogen and oxygen atoms in total. The van der Waals surface area contributed by atoms with E-state index < -0.39 is 6.61 Å². The number of methoxy groups -OCH3 is 1. The lowest BCUT2D eigenvalue weighted by Gasteiger charge is -2.09. The van der Waals surface area contributed by atoms with Gasteiger partial charge in [-0.1, -0.05) is 36.4 Å². The van der Waals surface area contributed by atoms with Crippen molar-refractivity contribution < 1.29 is 22.6 Å². The van der Waals surface area contributed by atoms with Gasteiger partial charge in [0.05, 0.1) is 0 Å². The lowest BCUT2D eigenvalue weighted by Crippen LogP contribution is -2.02. The first-order valence-corrected chi connectivity index (χ1v) is 11.1. The van der Waals surface area contributed by atoms with Crippen LogP contribution >= 0.6 is 0 Å². The second kappa shape index (κ2) is 11.1. The standard InChI is InChI=1S/C27H25F3N2O2/c1-33-14-2-3-19-16-31-26(32-17-19)22-10-13-24-21(15-22)9-8-20(25(24)28)7-4-18-5-11-23(12-6-18)34-27(29)30/h5-6,8-13,15-17,27H,2-4,7,14H2,1H3. The Bertz CT molecular complexity index is 1230. The minimum absolute atomic E-state index is 0.108. The number of aromatic nitrogens is 2. The van der Waals surface area contributed by atoms with E-state index in [1.165, 1.54) is 12.1 Å². The van der Waals surface area contributed by atoms with Crippen LogP contribution in [0.15, 0.2) is 67.0 Å². The number of fused-ring (bicyclic) bond motifs is 1. The molecule has 0 unspecified atom stereocenters. The summed E-state index contributed by atoms with van der Waals surface area (Å²) in [5.41, 5.74) is 3.40. The third-order valence-corrected chi connectivity index (χ3v) is 5.64. The molecule has 0 N–H and O–H groups in total. The van der Waals surface area contributed by atoms with Crippen LogP contribution in [0.5, 0.6) is 5.75 Å². The van der Waals surface area contributed by atoms with Gasteiger partial charge in [0, 0.05) is 37.1 Å². The molecule has 7 heteroatoms. The normalized spacial score (nSPS) is 11.3. The lowest BCUT2D eigenvalue weighted by atomic mass is 9.99. The molecule has 0 saturated heterocycles. The summed E-state index contributed by atoms with van der Waals surface area (Å²) in [4.78, 5) is 8.93. The maximum Gasteiger partial charge on any atom is 0.387 e. The number of aryl methyl sites for hydroxylation is 3. The summed E-state index contributed by atoms with van der Waals surface area (Å²) in [6, 6.07) is 15.6. The second-order valence-electron chi connectivity index (χ2n) is 8.01. The molecule has 4 rings (SSSR count). The first-order valence-electron chi connectivity index (χ1n) is 11.1. The van der Waals surface area contributed by atoms with Crippen molar-refractivity contribution in [1.82, 2.24) is 9.97 Å². The third-order valence-electron chi connectivity index (χ3n) is 5.64. The van der Waals surface area contributed by atoms with Gasteiger partial charge < -0.3 is 9.47 Å². The molecule has 0 bridgehead atoms. The molecule has 0 radical (unpaired) electrons. The molecule has 1 heterocycles. The van der Waals surface area contributed by atoms with Gasteiger partial charge in [0.25, 0.3) is 0 Å². The molecular formula is C27H25F3N2O2. The predicted molar refractivity (Wildman–Crippen MR) is 126 cm³/mol. The van der Waals surface area contributed by atoms with Gasteiger partial charge in [-0.2, -0.15) is 8.78 Å². The molecule has 176 valence electrons. The van der Waals surface area contributed by atoms with Gasteiger partial charge in [-0.25, -0.2) is 14.4 Å². The monoisotopic (exact) mass is 466 g/mol. The van der Waals surface area contributed by atoms with E-state index in [4.69, 9.17) is 4.74 Å². The van der Waals surface area contributed by atoms with Crippen molar-refractivity contribution in [3.63, 3.8) is 0 Å². The van der Waals surface area contributed by atoms with Gasteiger partial charge in [-0.05, 0) is 66.0 Å². The summed E-state index contributed by atoms with van der Waals surface area (Å²) in [7, 11) is 1.68. The van der Waals surface area contributed by atoms with Crippen LogP contribution in [0.3, 0.4) is 0 Å². The van der Waals surface area contributed by atoms with E-state index in [9.17, 15) is 8.78 Å². The second-order valence-corrected chi connectivity index (χ2v) is 8.01. The molecule has 4 aromatic rings. The average molecular weight is 467 g/mol. The quantitative estimate of drug-likeness (QED) is 0.254. The Hall–Kier alpha value is -3.45. The van der Waals surface area contributed by atoms with Crippen molar-refractivity contribution in [3.05, 3.63) is 89.5 Å². The van der Waals surface area contributed by atoms with Crippen LogP contribution in [-0.2, 0) is 24.0 Å². The predicted octanol–water partition coefficient (Wildman–Crippen LogP) is 6.40. The number of hydrogen-bond acceptors (Lipinski definition) is 4. The Balaban J connectivity index is 1.45. The Morgan fingerprint density at radius 3 is 2.32 bits per heavy atom. The zero-order valence-electron chi connectivity index (χ0n) is 18.8. The number of alkyl halides is 2.